The van der Waals surface area contributed by atoms with Crippen LogP contribution in [-0.2, 0) is 6.54 Å². The maximum Gasteiger partial charge on any atom is 0.162 e. The van der Waals surface area contributed by atoms with Crippen molar-refractivity contribution in [2.45, 2.75) is 18.5 Å². The van der Waals surface area contributed by atoms with Gasteiger partial charge < -0.3 is 9.88 Å². The third-order valence-corrected chi connectivity index (χ3v) is 6.27. The predicted octanol–water partition coefficient (Wildman–Crippen LogP) is 4.99. The lowest BCUT2D eigenvalue weighted by molar-refractivity contribution is 0.697. The highest BCUT2D eigenvalue weighted by Crippen LogP contribution is 2.25. The van der Waals surface area contributed by atoms with Gasteiger partial charge in [0.1, 0.15) is 9.31 Å². The van der Waals surface area contributed by atoms with Crippen LogP contribution in [-0.4, -0.2) is 13.9 Å². The van der Waals surface area contributed by atoms with Gasteiger partial charge in [0.25, 0.3) is 0 Å². The van der Waals surface area contributed by atoms with E-state index in [1.165, 1.54) is 11.8 Å². The lowest BCUT2D eigenvalue weighted by Gasteiger charge is -1.98. The summed E-state index contributed by atoms with van der Waals surface area (Å²) in [6.45, 7) is 2.90. The second-order valence-electron chi connectivity index (χ2n) is 3.92. The average Bonchev–Trinajstić information content (AvgIpc) is 2.89. The molecular weight excluding hydrogens is 377 g/mol. The number of aromatic nitrogens is 1. The lowest BCUT2D eigenvalue weighted by atomic mass is 10.4. The van der Waals surface area contributed by atoms with Crippen LogP contribution in [0.2, 0.25) is 0 Å². The molecule has 110 valence electrons. The van der Waals surface area contributed by atoms with E-state index < -0.39 is 0 Å². The molecule has 1 fully saturated rings. The van der Waals surface area contributed by atoms with Crippen molar-refractivity contribution in [2.75, 3.05) is 0 Å². The Bertz CT molecular complexity index is 720. The number of thioether (sulfide) groups is 1. The normalized spacial score (nSPS) is 17.5. The molecule has 2 nitrogen and oxygen atoms in total. The Morgan fingerprint density at radius 1 is 1.24 bits per heavy atom. The van der Waals surface area contributed by atoms with Crippen LogP contribution in [0.15, 0.2) is 34.2 Å². The SMILES string of the molecule is CCn1c(S)c(C=CC=CC=C2SC(=S)NC2=S)sc1=S. The summed E-state index contributed by atoms with van der Waals surface area (Å²) in [7, 11) is 0. The van der Waals surface area contributed by atoms with Gasteiger partial charge in [0.05, 0.1) is 9.90 Å². The second kappa shape index (κ2) is 7.85. The highest BCUT2D eigenvalue weighted by atomic mass is 32.2. The van der Waals surface area contributed by atoms with Crippen molar-refractivity contribution in [3.63, 3.8) is 0 Å². The first-order valence-corrected chi connectivity index (χ1v) is 9.34. The molecule has 0 amide bonds. The molecule has 0 atom stereocenters. The van der Waals surface area contributed by atoms with E-state index in [2.05, 4.69) is 24.9 Å². The maximum atomic E-state index is 5.29. The van der Waals surface area contributed by atoms with Gasteiger partial charge in [-0.2, -0.15) is 0 Å². The Labute approximate surface area is 153 Å². The molecule has 1 aliphatic rings. The first kappa shape index (κ1) is 17.1. The molecule has 0 spiro atoms. The molecule has 8 heteroatoms. The smallest absolute Gasteiger partial charge is 0.162 e. The highest BCUT2D eigenvalue weighted by molar-refractivity contribution is 8.27. The van der Waals surface area contributed by atoms with Crippen molar-refractivity contribution < 1.29 is 0 Å². The molecule has 1 N–H and O–H groups in total. The van der Waals surface area contributed by atoms with Gasteiger partial charge in [-0.1, -0.05) is 54.4 Å². The fourth-order valence-corrected chi connectivity index (χ4v) is 4.97. The number of thiol groups is 1. The summed E-state index contributed by atoms with van der Waals surface area (Å²) in [6, 6.07) is 0. The van der Waals surface area contributed by atoms with Gasteiger partial charge in [-0.25, -0.2) is 0 Å². The number of thiazole rings is 1. The molecule has 1 aromatic heterocycles. The molecule has 1 aromatic rings. The molecule has 0 radical (unpaired) electrons. The summed E-state index contributed by atoms with van der Waals surface area (Å²) in [5, 5.41) is 3.85. The fraction of sp³-hybridized carbons (Fsp3) is 0.154. The number of rotatable bonds is 4. The van der Waals surface area contributed by atoms with Crippen molar-refractivity contribution in [3.05, 3.63) is 38.0 Å². The van der Waals surface area contributed by atoms with E-state index in [4.69, 9.17) is 36.7 Å². The summed E-state index contributed by atoms with van der Waals surface area (Å²) in [6.07, 6.45) is 9.81. The van der Waals surface area contributed by atoms with Crippen molar-refractivity contribution in [1.82, 2.24) is 9.88 Å². The van der Waals surface area contributed by atoms with Gasteiger partial charge in [0.2, 0.25) is 0 Å². The number of hydrogen-bond donors (Lipinski definition) is 2. The summed E-state index contributed by atoms with van der Waals surface area (Å²) in [5.41, 5.74) is 0. The van der Waals surface area contributed by atoms with E-state index in [0.29, 0.717) is 9.31 Å². The predicted molar refractivity (Wildman–Crippen MR) is 108 cm³/mol. The minimum atomic E-state index is 0.689. The Balaban J connectivity index is 2.05. The van der Waals surface area contributed by atoms with E-state index >= 15 is 0 Å². The number of thiocarbonyl (C=S) groups is 2. The number of allylic oxidation sites excluding steroid dienone is 4. The van der Waals surface area contributed by atoms with E-state index in [1.54, 1.807) is 11.3 Å². The van der Waals surface area contributed by atoms with Crippen LogP contribution in [0.5, 0.6) is 0 Å². The van der Waals surface area contributed by atoms with Gasteiger partial charge in [-0.05, 0) is 31.3 Å². The Kier molecular flexibility index (Phi) is 6.39. The third-order valence-electron chi connectivity index (χ3n) is 2.57. The molecule has 2 rings (SSSR count). The standard InChI is InChI=1S/C13H12N2S6/c1-2-15-11(17)9(21-13(15)19)7-5-3-4-6-8-10(16)14-12(18)20-8/h3-7,17H,2H2,1H3,(H,14,16,18). The van der Waals surface area contributed by atoms with Crippen molar-refractivity contribution >= 4 is 87.8 Å². The molecule has 0 aliphatic carbocycles. The molecule has 21 heavy (non-hydrogen) atoms. The highest BCUT2D eigenvalue weighted by Gasteiger charge is 2.17. The molecule has 2 heterocycles. The van der Waals surface area contributed by atoms with Crippen LogP contribution in [0, 0.1) is 3.95 Å². The lowest BCUT2D eigenvalue weighted by Crippen LogP contribution is -2.15. The van der Waals surface area contributed by atoms with Gasteiger partial charge in [0.15, 0.2) is 3.95 Å². The van der Waals surface area contributed by atoms with E-state index in [9.17, 15) is 0 Å². The molecule has 0 saturated carbocycles. The minimum Gasteiger partial charge on any atom is -0.331 e. The number of nitrogens with zero attached hydrogens (tertiary/aromatic N) is 1. The zero-order valence-electron chi connectivity index (χ0n) is 11.0. The molecule has 1 aliphatic heterocycles. The Hall–Kier alpha value is -0.250. The van der Waals surface area contributed by atoms with E-state index in [0.717, 1.165) is 25.3 Å². The molecule has 0 unspecified atom stereocenters. The van der Waals surface area contributed by atoms with E-state index in [1.807, 2.05) is 34.9 Å². The monoisotopic (exact) mass is 388 g/mol. The van der Waals surface area contributed by atoms with Crippen LogP contribution in [0.25, 0.3) is 6.08 Å². The van der Waals surface area contributed by atoms with Gasteiger partial charge in [0, 0.05) is 11.4 Å². The second-order valence-corrected chi connectivity index (χ2v) is 8.15. The molecule has 0 aromatic carbocycles. The summed E-state index contributed by atoms with van der Waals surface area (Å²) in [5.74, 6) is 0. The largest absolute Gasteiger partial charge is 0.331 e. The van der Waals surface area contributed by atoms with Crippen LogP contribution < -0.4 is 5.32 Å². The summed E-state index contributed by atoms with van der Waals surface area (Å²) < 4.78 is 3.56. The maximum absolute atomic E-state index is 5.29. The van der Waals surface area contributed by atoms with Gasteiger partial charge >= 0.3 is 0 Å². The van der Waals surface area contributed by atoms with Gasteiger partial charge in [-0.3, -0.25) is 0 Å². The summed E-state index contributed by atoms with van der Waals surface area (Å²) >= 11 is 23.0. The zero-order chi connectivity index (χ0) is 15.4. The minimum absolute atomic E-state index is 0.689. The van der Waals surface area contributed by atoms with Crippen LogP contribution in [0.4, 0.5) is 0 Å². The first-order valence-electron chi connectivity index (χ1n) is 6.03. The molecule has 0 bridgehead atoms. The van der Waals surface area contributed by atoms with Crippen molar-refractivity contribution in [2.24, 2.45) is 0 Å². The Morgan fingerprint density at radius 3 is 2.57 bits per heavy atom. The number of nitrogens with one attached hydrogen (secondary N) is 1. The quantitative estimate of drug-likeness (QED) is 0.326. The first-order chi connectivity index (χ1) is 10.0. The fourth-order valence-electron chi connectivity index (χ4n) is 1.59. The Morgan fingerprint density at radius 2 is 2.00 bits per heavy atom. The average molecular weight is 389 g/mol. The third kappa shape index (κ3) is 4.37. The van der Waals surface area contributed by atoms with Crippen LogP contribution in [0.3, 0.4) is 0 Å². The summed E-state index contributed by atoms with van der Waals surface area (Å²) in [4.78, 5) is 2.73. The van der Waals surface area contributed by atoms with Crippen LogP contribution >= 0.6 is 72.4 Å². The number of hydrogen-bond acceptors (Lipinski definition) is 6. The van der Waals surface area contributed by atoms with Crippen molar-refractivity contribution in [1.29, 1.82) is 0 Å². The molecular formula is C13H12N2S6. The topological polar surface area (TPSA) is 17.0 Å². The van der Waals surface area contributed by atoms with Gasteiger partial charge in [-0.15, -0.1) is 24.0 Å². The molecule has 1 saturated heterocycles. The van der Waals surface area contributed by atoms with Crippen molar-refractivity contribution in [3.8, 4) is 0 Å². The zero-order valence-corrected chi connectivity index (χ0v) is 16.0. The van der Waals surface area contributed by atoms with E-state index in [-0.39, 0.29) is 0 Å². The van der Waals surface area contributed by atoms with Crippen LogP contribution in [0.1, 0.15) is 11.8 Å².